The minimum Gasteiger partial charge on any atom is -0.475 e. The van der Waals surface area contributed by atoms with E-state index in [9.17, 15) is 4.79 Å². The molecule has 2 rings (SSSR count). The number of anilines is 1. The van der Waals surface area contributed by atoms with Crippen LogP contribution in [-0.4, -0.2) is 25.8 Å². The molecule has 0 aromatic carbocycles. The van der Waals surface area contributed by atoms with Crippen LogP contribution in [0.3, 0.4) is 0 Å². The number of carboxylic acids is 1. The molecule has 0 bridgehead atoms. The number of aromatic carboxylic acids is 1. The van der Waals surface area contributed by atoms with E-state index in [-0.39, 0.29) is 11.8 Å². The maximum atomic E-state index is 10.9. The molecule has 0 atom stereocenters. The van der Waals surface area contributed by atoms with Crippen LogP contribution in [0.5, 0.6) is 0 Å². The third-order valence-electron chi connectivity index (χ3n) is 2.51. The van der Waals surface area contributed by atoms with Gasteiger partial charge in [0.2, 0.25) is 11.7 Å². The zero-order valence-electron chi connectivity index (χ0n) is 10.5. The Labute approximate surface area is 113 Å². The SMILES string of the molecule is CC(C)n1c(N)nnc1SCc1ccoc1C(=O)O. The predicted molar refractivity (Wildman–Crippen MR) is 70.0 cm³/mol. The van der Waals surface area contributed by atoms with Crippen LogP contribution in [0.15, 0.2) is 21.9 Å². The second-order valence-electron chi connectivity index (χ2n) is 4.17. The van der Waals surface area contributed by atoms with E-state index in [2.05, 4.69) is 10.2 Å². The highest BCUT2D eigenvalue weighted by Gasteiger charge is 2.17. The standard InChI is InChI=1S/C11H14N4O3S/c1-6(2)15-10(12)13-14-11(15)19-5-7-3-4-18-8(7)9(16)17/h3-4,6H,5H2,1-2H3,(H2,12,13)(H,16,17). The van der Waals surface area contributed by atoms with Crippen LogP contribution < -0.4 is 5.73 Å². The first-order valence-corrected chi connectivity index (χ1v) is 6.62. The summed E-state index contributed by atoms with van der Waals surface area (Å²) in [5.41, 5.74) is 6.34. The molecular weight excluding hydrogens is 268 g/mol. The van der Waals surface area contributed by atoms with Crippen LogP contribution in [0.4, 0.5) is 5.95 Å². The number of hydrogen-bond acceptors (Lipinski definition) is 6. The summed E-state index contributed by atoms with van der Waals surface area (Å²) >= 11 is 1.37. The fourth-order valence-electron chi connectivity index (χ4n) is 1.65. The smallest absolute Gasteiger partial charge is 0.372 e. The molecule has 2 aromatic rings. The average molecular weight is 282 g/mol. The van der Waals surface area contributed by atoms with E-state index in [0.717, 1.165) is 0 Å². The Morgan fingerprint density at radius 3 is 2.95 bits per heavy atom. The van der Waals surface area contributed by atoms with Gasteiger partial charge < -0.3 is 15.3 Å². The first-order chi connectivity index (χ1) is 9.00. The van der Waals surface area contributed by atoms with Crippen LogP contribution in [0.2, 0.25) is 0 Å². The molecule has 19 heavy (non-hydrogen) atoms. The minimum absolute atomic E-state index is 0.0453. The molecule has 0 aliphatic carbocycles. The van der Waals surface area contributed by atoms with Crippen molar-refractivity contribution in [3.8, 4) is 0 Å². The maximum Gasteiger partial charge on any atom is 0.372 e. The van der Waals surface area contributed by atoms with Gasteiger partial charge in [0.1, 0.15) is 0 Å². The highest BCUT2D eigenvalue weighted by atomic mass is 32.2. The Kier molecular flexibility index (Phi) is 3.79. The molecule has 0 aliphatic rings. The molecule has 8 heteroatoms. The lowest BCUT2D eigenvalue weighted by molar-refractivity contribution is 0.0661. The average Bonchev–Trinajstić information content (AvgIpc) is 2.92. The number of hydrogen-bond donors (Lipinski definition) is 2. The van der Waals surface area contributed by atoms with Crippen molar-refractivity contribution < 1.29 is 14.3 Å². The summed E-state index contributed by atoms with van der Waals surface area (Å²) in [7, 11) is 0. The van der Waals surface area contributed by atoms with Crippen LogP contribution >= 0.6 is 11.8 Å². The number of carbonyl (C=O) groups is 1. The van der Waals surface area contributed by atoms with Crippen molar-refractivity contribution >= 4 is 23.7 Å². The number of nitrogens with two attached hydrogens (primary N) is 1. The number of nitrogen functional groups attached to an aromatic ring is 1. The highest BCUT2D eigenvalue weighted by Crippen LogP contribution is 2.27. The van der Waals surface area contributed by atoms with Crippen LogP contribution in [-0.2, 0) is 5.75 Å². The summed E-state index contributed by atoms with van der Waals surface area (Å²) in [5, 5.41) is 17.4. The van der Waals surface area contributed by atoms with Gasteiger partial charge in [-0.1, -0.05) is 11.8 Å². The molecule has 0 saturated heterocycles. The van der Waals surface area contributed by atoms with E-state index in [0.29, 0.717) is 22.4 Å². The number of aromatic nitrogens is 3. The van der Waals surface area contributed by atoms with E-state index < -0.39 is 5.97 Å². The first kappa shape index (κ1) is 13.5. The topological polar surface area (TPSA) is 107 Å². The molecule has 0 fully saturated rings. The lowest BCUT2D eigenvalue weighted by Crippen LogP contribution is -2.07. The lowest BCUT2D eigenvalue weighted by atomic mass is 10.3. The van der Waals surface area contributed by atoms with Gasteiger partial charge in [-0.2, -0.15) is 0 Å². The van der Waals surface area contributed by atoms with E-state index >= 15 is 0 Å². The van der Waals surface area contributed by atoms with E-state index in [4.69, 9.17) is 15.3 Å². The molecule has 0 saturated carbocycles. The Hall–Kier alpha value is -1.96. The highest BCUT2D eigenvalue weighted by molar-refractivity contribution is 7.98. The molecule has 0 radical (unpaired) electrons. The monoisotopic (exact) mass is 282 g/mol. The van der Waals surface area contributed by atoms with Gasteiger partial charge in [-0.3, -0.25) is 4.57 Å². The van der Waals surface area contributed by atoms with Gasteiger partial charge in [-0.15, -0.1) is 10.2 Å². The van der Waals surface area contributed by atoms with Crippen LogP contribution in [0.1, 0.15) is 36.0 Å². The Morgan fingerprint density at radius 1 is 1.58 bits per heavy atom. The summed E-state index contributed by atoms with van der Waals surface area (Å²) in [6, 6.07) is 1.77. The molecule has 0 aliphatic heterocycles. The Morgan fingerprint density at radius 2 is 2.32 bits per heavy atom. The molecule has 102 valence electrons. The molecular formula is C11H14N4O3S. The Bertz CT molecular complexity index is 591. The van der Waals surface area contributed by atoms with Crippen LogP contribution in [0, 0.1) is 0 Å². The molecule has 2 heterocycles. The molecule has 0 amide bonds. The van der Waals surface area contributed by atoms with Crippen molar-refractivity contribution in [1.29, 1.82) is 0 Å². The van der Waals surface area contributed by atoms with Crippen molar-refractivity contribution in [3.05, 3.63) is 23.7 Å². The van der Waals surface area contributed by atoms with Gasteiger partial charge in [0, 0.05) is 17.4 Å². The zero-order chi connectivity index (χ0) is 14.0. The van der Waals surface area contributed by atoms with Gasteiger partial charge >= 0.3 is 5.97 Å². The number of furan rings is 1. The van der Waals surface area contributed by atoms with Gasteiger partial charge in [0.05, 0.1) is 6.26 Å². The molecule has 7 nitrogen and oxygen atoms in total. The quantitative estimate of drug-likeness (QED) is 0.808. The third kappa shape index (κ3) is 2.73. The normalized spacial score (nSPS) is 11.1. The number of nitrogens with zero attached hydrogens (tertiary/aromatic N) is 3. The van der Waals surface area contributed by atoms with Gasteiger partial charge in [0.25, 0.3) is 0 Å². The lowest BCUT2D eigenvalue weighted by Gasteiger charge is -2.10. The van der Waals surface area contributed by atoms with E-state index in [1.165, 1.54) is 18.0 Å². The summed E-state index contributed by atoms with van der Waals surface area (Å²) in [6.45, 7) is 3.95. The summed E-state index contributed by atoms with van der Waals surface area (Å²) in [4.78, 5) is 10.9. The van der Waals surface area contributed by atoms with E-state index in [1.807, 2.05) is 13.8 Å². The second-order valence-corrected chi connectivity index (χ2v) is 5.12. The number of thioether (sulfide) groups is 1. The molecule has 0 spiro atoms. The van der Waals surface area contributed by atoms with Gasteiger partial charge in [-0.25, -0.2) is 4.79 Å². The van der Waals surface area contributed by atoms with Crippen molar-refractivity contribution in [2.24, 2.45) is 0 Å². The van der Waals surface area contributed by atoms with Gasteiger partial charge in [-0.05, 0) is 19.9 Å². The van der Waals surface area contributed by atoms with Crippen LogP contribution in [0.25, 0.3) is 0 Å². The maximum absolute atomic E-state index is 10.9. The van der Waals surface area contributed by atoms with Crippen molar-refractivity contribution in [2.75, 3.05) is 5.73 Å². The summed E-state index contributed by atoms with van der Waals surface area (Å²) < 4.78 is 6.71. The summed E-state index contributed by atoms with van der Waals surface area (Å²) in [5.74, 6) is -0.340. The molecule has 0 unspecified atom stereocenters. The fourth-order valence-corrected chi connectivity index (χ4v) is 2.71. The first-order valence-electron chi connectivity index (χ1n) is 5.63. The molecule has 3 N–H and O–H groups in total. The van der Waals surface area contributed by atoms with Gasteiger partial charge in [0.15, 0.2) is 5.16 Å². The van der Waals surface area contributed by atoms with Crippen molar-refractivity contribution in [2.45, 2.75) is 30.8 Å². The number of rotatable bonds is 5. The predicted octanol–water partition coefficient (Wildman–Crippen LogP) is 2.02. The zero-order valence-corrected chi connectivity index (χ0v) is 11.3. The minimum atomic E-state index is -1.08. The largest absolute Gasteiger partial charge is 0.475 e. The van der Waals surface area contributed by atoms with E-state index in [1.54, 1.807) is 10.6 Å². The summed E-state index contributed by atoms with van der Waals surface area (Å²) in [6.07, 6.45) is 1.36. The fraction of sp³-hybridized carbons (Fsp3) is 0.364. The second kappa shape index (κ2) is 5.35. The van der Waals surface area contributed by atoms with Crippen molar-refractivity contribution in [3.63, 3.8) is 0 Å². The third-order valence-corrected chi connectivity index (χ3v) is 3.50. The van der Waals surface area contributed by atoms with Crippen molar-refractivity contribution in [1.82, 2.24) is 14.8 Å². The number of carboxylic acid groups (broad SMARTS) is 1. The Balaban J connectivity index is 2.15. The molecule has 2 aromatic heterocycles.